The van der Waals surface area contributed by atoms with Crippen molar-refractivity contribution in [3.05, 3.63) is 35.2 Å². The van der Waals surface area contributed by atoms with E-state index in [0.29, 0.717) is 0 Å². The molecule has 5 heteroatoms. The number of hydrogen-bond donors (Lipinski definition) is 2. The van der Waals surface area contributed by atoms with Gasteiger partial charge in [-0.25, -0.2) is 5.84 Å². The molecule has 2 aromatic rings. The van der Waals surface area contributed by atoms with Crippen LogP contribution in [0, 0.1) is 0 Å². The molecule has 4 nitrogen and oxygen atoms in total. The normalized spacial score (nSPS) is 17.6. The molecular formula is C12H10N2O2S. The fourth-order valence-electron chi connectivity index (χ4n) is 1.88. The van der Waals surface area contributed by atoms with Crippen LogP contribution in [0.4, 0.5) is 0 Å². The summed E-state index contributed by atoms with van der Waals surface area (Å²) in [4.78, 5) is 11.4. The zero-order valence-corrected chi connectivity index (χ0v) is 9.66. The van der Waals surface area contributed by atoms with Crippen LogP contribution >= 0.6 is 11.3 Å². The molecule has 1 atom stereocenters. The van der Waals surface area contributed by atoms with Gasteiger partial charge in [0.25, 0.3) is 5.91 Å². The molecule has 1 aliphatic heterocycles. The number of fused-ring (bicyclic) bond motifs is 3. The number of benzene rings is 1. The van der Waals surface area contributed by atoms with Crippen LogP contribution in [0.1, 0.15) is 5.56 Å². The Morgan fingerprint density at radius 3 is 3.12 bits per heavy atom. The Morgan fingerprint density at radius 2 is 2.29 bits per heavy atom. The molecule has 1 unspecified atom stereocenters. The highest BCUT2D eigenvalue weighted by Crippen LogP contribution is 2.36. The van der Waals surface area contributed by atoms with Crippen LogP contribution in [0.2, 0.25) is 0 Å². The molecule has 86 valence electrons. The van der Waals surface area contributed by atoms with Gasteiger partial charge in [-0.1, -0.05) is 6.08 Å². The molecule has 0 aliphatic carbocycles. The number of hydrazine groups is 1. The lowest BCUT2D eigenvalue weighted by atomic mass is 10.1. The molecule has 17 heavy (non-hydrogen) atoms. The zero-order chi connectivity index (χ0) is 11.8. The first-order valence-corrected chi connectivity index (χ1v) is 6.03. The highest BCUT2D eigenvalue weighted by atomic mass is 32.1. The third-order valence-corrected chi connectivity index (χ3v) is 3.59. The second-order valence-corrected chi connectivity index (χ2v) is 4.67. The number of thiophene rings is 1. The first-order valence-electron chi connectivity index (χ1n) is 5.15. The zero-order valence-electron chi connectivity index (χ0n) is 8.84. The lowest BCUT2D eigenvalue weighted by Gasteiger charge is -2.20. The summed E-state index contributed by atoms with van der Waals surface area (Å²) in [6, 6.07) is 6.03. The van der Waals surface area contributed by atoms with Gasteiger partial charge in [-0.2, -0.15) is 0 Å². The quantitative estimate of drug-likeness (QED) is 0.457. The first kappa shape index (κ1) is 10.3. The van der Waals surface area contributed by atoms with Gasteiger partial charge in [-0.15, -0.1) is 11.3 Å². The second-order valence-electron chi connectivity index (χ2n) is 3.72. The molecule has 1 aromatic carbocycles. The van der Waals surface area contributed by atoms with E-state index in [1.54, 1.807) is 17.4 Å². The number of hydrogen-bond acceptors (Lipinski definition) is 4. The van der Waals surface area contributed by atoms with Crippen LogP contribution < -0.4 is 16.0 Å². The van der Waals surface area contributed by atoms with E-state index in [0.717, 1.165) is 21.4 Å². The van der Waals surface area contributed by atoms with Gasteiger partial charge in [0, 0.05) is 15.6 Å². The molecule has 0 saturated carbocycles. The Labute approximate surface area is 102 Å². The molecule has 1 aromatic heterocycles. The average Bonchev–Trinajstić information content (AvgIpc) is 2.85. The highest BCUT2D eigenvalue weighted by molar-refractivity contribution is 7.17. The van der Waals surface area contributed by atoms with Gasteiger partial charge in [0.1, 0.15) is 5.75 Å². The molecule has 0 spiro atoms. The van der Waals surface area contributed by atoms with E-state index in [1.807, 2.05) is 23.6 Å². The summed E-state index contributed by atoms with van der Waals surface area (Å²) in [5.74, 6) is 5.51. The Kier molecular flexibility index (Phi) is 2.35. The van der Waals surface area contributed by atoms with E-state index < -0.39 is 6.10 Å². The molecule has 0 saturated heterocycles. The van der Waals surface area contributed by atoms with E-state index in [4.69, 9.17) is 10.6 Å². The van der Waals surface area contributed by atoms with Gasteiger partial charge >= 0.3 is 0 Å². The first-order chi connectivity index (χ1) is 8.29. The third-order valence-electron chi connectivity index (χ3n) is 2.71. The maximum absolute atomic E-state index is 11.4. The molecule has 3 N–H and O–H groups in total. The minimum absolute atomic E-state index is 0.348. The largest absolute Gasteiger partial charge is 0.475 e. The van der Waals surface area contributed by atoms with Crippen molar-refractivity contribution < 1.29 is 9.53 Å². The number of carbonyl (C=O) groups excluding carboxylic acids is 1. The van der Waals surface area contributed by atoms with Crippen molar-refractivity contribution in [2.75, 3.05) is 0 Å². The number of nitrogens with one attached hydrogen (secondary N) is 1. The number of amides is 1. The van der Waals surface area contributed by atoms with Gasteiger partial charge in [0.2, 0.25) is 0 Å². The van der Waals surface area contributed by atoms with Gasteiger partial charge in [-0.05, 0) is 29.7 Å². The van der Waals surface area contributed by atoms with Crippen LogP contribution in [0.3, 0.4) is 0 Å². The molecule has 2 heterocycles. The Bertz CT molecular complexity index is 618. The number of ether oxygens (including phenoxy) is 1. The Balaban J connectivity index is 2.10. The summed E-state index contributed by atoms with van der Waals surface area (Å²) >= 11 is 1.65. The predicted molar refractivity (Wildman–Crippen MR) is 67.6 cm³/mol. The van der Waals surface area contributed by atoms with Gasteiger partial charge < -0.3 is 4.74 Å². The maximum Gasteiger partial charge on any atom is 0.279 e. The standard InChI is InChI=1S/C12H10N2O2S/c13-14-12(15)9-3-1-7-2-4-10-8(5-6-17-10)11(7)16-9/h1-6,9H,13H2,(H,14,15). The van der Waals surface area contributed by atoms with E-state index in [-0.39, 0.29) is 5.91 Å². The number of rotatable bonds is 1. The SMILES string of the molecule is NNC(=O)C1C=Cc2ccc3sccc3c2O1. The summed E-state index contributed by atoms with van der Waals surface area (Å²) in [5.41, 5.74) is 3.08. The van der Waals surface area contributed by atoms with Crippen LogP contribution in [0.15, 0.2) is 29.7 Å². The Morgan fingerprint density at radius 1 is 1.41 bits per heavy atom. The van der Waals surface area contributed by atoms with E-state index in [2.05, 4.69) is 11.5 Å². The van der Waals surface area contributed by atoms with Crippen molar-refractivity contribution in [1.82, 2.24) is 5.43 Å². The second kappa shape index (κ2) is 3.87. The summed E-state index contributed by atoms with van der Waals surface area (Å²) in [6.07, 6.45) is 2.93. The van der Waals surface area contributed by atoms with Gasteiger partial charge in [0.05, 0.1) is 0 Å². The summed E-state index contributed by atoms with van der Waals surface area (Å²) in [5, 5.41) is 3.04. The number of nitrogens with two attached hydrogens (primary N) is 1. The van der Waals surface area contributed by atoms with Crippen LogP contribution in [0.5, 0.6) is 5.75 Å². The molecule has 1 amide bonds. The highest BCUT2D eigenvalue weighted by Gasteiger charge is 2.22. The van der Waals surface area contributed by atoms with Crippen LogP contribution in [-0.2, 0) is 4.79 Å². The minimum atomic E-state index is -0.655. The molecule has 0 radical (unpaired) electrons. The van der Waals surface area contributed by atoms with Crippen LogP contribution in [0.25, 0.3) is 16.2 Å². The number of carbonyl (C=O) groups is 1. The van der Waals surface area contributed by atoms with E-state index in [9.17, 15) is 4.79 Å². The van der Waals surface area contributed by atoms with Crippen molar-refractivity contribution in [2.45, 2.75) is 6.10 Å². The molecule has 1 aliphatic rings. The van der Waals surface area contributed by atoms with Crippen molar-refractivity contribution in [2.24, 2.45) is 5.84 Å². The smallest absolute Gasteiger partial charge is 0.279 e. The molecule has 0 fully saturated rings. The molecule has 0 bridgehead atoms. The maximum atomic E-state index is 11.4. The van der Waals surface area contributed by atoms with E-state index in [1.165, 1.54) is 0 Å². The van der Waals surface area contributed by atoms with Gasteiger partial charge in [-0.3, -0.25) is 10.2 Å². The summed E-state index contributed by atoms with van der Waals surface area (Å²) in [6.45, 7) is 0. The lowest BCUT2D eigenvalue weighted by molar-refractivity contribution is -0.126. The fourth-order valence-corrected chi connectivity index (χ4v) is 2.66. The summed E-state index contributed by atoms with van der Waals surface area (Å²) < 4.78 is 6.83. The third kappa shape index (κ3) is 1.60. The van der Waals surface area contributed by atoms with Crippen molar-refractivity contribution in [3.8, 4) is 5.75 Å². The fraction of sp³-hybridized carbons (Fsp3) is 0.0833. The topological polar surface area (TPSA) is 64.3 Å². The predicted octanol–water partition coefficient (Wildman–Crippen LogP) is 1.67. The van der Waals surface area contributed by atoms with Crippen molar-refractivity contribution >= 4 is 33.4 Å². The van der Waals surface area contributed by atoms with Crippen molar-refractivity contribution in [1.29, 1.82) is 0 Å². The molecular weight excluding hydrogens is 236 g/mol. The monoisotopic (exact) mass is 246 g/mol. The summed E-state index contributed by atoms with van der Waals surface area (Å²) in [7, 11) is 0. The van der Waals surface area contributed by atoms with Crippen LogP contribution in [-0.4, -0.2) is 12.0 Å². The Hall–Kier alpha value is -1.85. The minimum Gasteiger partial charge on any atom is -0.475 e. The lowest BCUT2D eigenvalue weighted by Crippen LogP contribution is -2.41. The van der Waals surface area contributed by atoms with E-state index >= 15 is 0 Å². The van der Waals surface area contributed by atoms with Crippen molar-refractivity contribution in [3.63, 3.8) is 0 Å². The molecule has 3 rings (SSSR count). The van der Waals surface area contributed by atoms with Gasteiger partial charge in [0.15, 0.2) is 6.10 Å². The average molecular weight is 246 g/mol.